The van der Waals surface area contributed by atoms with E-state index in [2.05, 4.69) is 10.6 Å². The van der Waals surface area contributed by atoms with E-state index >= 15 is 0 Å². The number of alkyl halides is 2. The molecule has 6 nitrogen and oxygen atoms in total. The van der Waals surface area contributed by atoms with Gasteiger partial charge in [-0.1, -0.05) is 35.9 Å². The highest BCUT2D eigenvalue weighted by atomic mass is 35.5. The number of nitrogens with one attached hydrogen (secondary N) is 2. The van der Waals surface area contributed by atoms with E-state index < -0.39 is 48.4 Å². The van der Waals surface area contributed by atoms with Crippen molar-refractivity contribution in [2.75, 3.05) is 19.7 Å². The van der Waals surface area contributed by atoms with E-state index in [0.29, 0.717) is 22.6 Å². The van der Waals surface area contributed by atoms with Gasteiger partial charge < -0.3 is 20.1 Å². The molecular formula is C27H34ClF3N2O4. The number of hydrogen-bond acceptors (Lipinski definition) is 5. The molecule has 0 aliphatic rings. The number of carbonyl (C=O) groups excluding carboxylic acids is 2. The minimum atomic E-state index is -2.57. The molecule has 2 rings (SSSR count). The van der Waals surface area contributed by atoms with Gasteiger partial charge in [-0.05, 0) is 69.9 Å². The van der Waals surface area contributed by atoms with Crippen LogP contribution >= 0.6 is 11.6 Å². The number of esters is 1. The molecule has 0 unspecified atom stereocenters. The Bertz CT molecular complexity index is 1030. The van der Waals surface area contributed by atoms with Crippen LogP contribution in [0.5, 0.6) is 0 Å². The van der Waals surface area contributed by atoms with Gasteiger partial charge in [-0.25, -0.2) is 18.0 Å². The van der Waals surface area contributed by atoms with Gasteiger partial charge in [0, 0.05) is 23.2 Å². The van der Waals surface area contributed by atoms with Gasteiger partial charge in [0.1, 0.15) is 11.4 Å². The number of amides is 1. The summed E-state index contributed by atoms with van der Waals surface area (Å²) in [6.07, 6.45) is -2.80. The summed E-state index contributed by atoms with van der Waals surface area (Å²) in [6, 6.07) is 10.8. The van der Waals surface area contributed by atoms with E-state index in [-0.39, 0.29) is 19.6 Å². The molecule has 1 amide bonds. The maximum Gasteiger partial charge on any atom is 0.407 e. The molecule has 0 radical (unpaired) electrons. The summed E-state index contributed by atoms with van der Waals surface area (Å²) in [5.41, 5.74) is 1.04. The van der Waals surface area contributed by atoms with Gasteiger partial charge in [-0.3, -0.25) is 4.79 Å². The molecule has 0 aromatic heterocycles. The maximum absolute atomic E-state index is 14.3. The van der Waals surface area contributed by atoms with Crippen LogP contribution in [0.2, 0.25) is 5.02 Å². The minimum Gasteiger partial charge on any atom is -0.466 e. The third kappa shape index (κ3) is 11.0. The molecular weight excluding hydrogens is 509 g/mol. The molecule has 204 valence electrons. The van der Waals surface area contributed by atoms with E-state index in [0.717, 1.165) is 5.56 Å². The molecule has 37 heavy (non-hydrogen) atoms. The van der Waals surface area contributed by atoms with Gasteiger partial charge in [0.2, 0.25) is 0 Å². The number of hydrogen-bond donors (Lipinski definition) is 2. The summed E-state index contributed by atoms with van der Waals surface area (Å²) in [5, 5.41) is 5.78. The molecule has 2 atom stereocenters. The zero-order valence-corrected chi connectivity index (χ0v) is 22.2. The zero-order chi connectivity index (χ0) is 27.6. The van der Waals surface area contributed by atoms with Crippen LogP contribution in [-0.2, 0) is 20.7 Å². The molecule has 0 saturated carbocycles. The van der Waals surface area contributed by atoms with Crippen molar-refractivity contribution in [3.05, 3.63) is 58.9 Å². The highest BCUT2D eigenvalue weighted by Crippen LogP contribution is 2.27. The Labute approximate surface area is 220 Å². The SMILES string of the molecule is CCOC(=O)[C@H](CNCC(F)F)C[C@@H](Cc1ccc(-c2cc(Cl)ccc2F)cc1)NC(=O)OC(C)(C)C. The molecule has 2 N–H and O–H groups in total. The number of benzene rings is 2. The highest BCUT2D eigenvalue weighted by Gasteiger charge is 2.27. The van der Waals surface area contributed by atoms with Gasteiger partial charge >= 0.3 is 12.1 Å². The topological polar surface area (TPSA) is 76.7 Å². The first kappa shape index (κ1) is 30.4. The van der Waals surface area contributed by atoms with Crippen LogP contribution in [0.15, 0.2) is 42.5 Å². The fourth-order valence-corrected chi connectivity index (χ4v) is 3.90. The van der Waals surface area contributed by atoms with Crippen molar-refractivity contribution in [2.24, 2.45) is 5.92 Å². The molecule has 0 heterocycles. The summed E-state index contributed by atoms with van der Waals surface area (Å²) in [7, 11) is 0. The van der Waals surface area contributed by atoms with E-state index in [9.17, 15) is 22.8 Å². The smallest absolute Gasteiger partial charge is 0.407 e. The lowest BCUT2D eigenvalue weighted by Crippen LogP contribution is -2.44. The molecule has 0 bridgehead atoms. The monoisotopic (exact) mass is 542 g/mol. The molecule has 0 fully saturated rings. The molecule has 2 aromatic rings. The van der Waals surface area contributed by atoms with E-state index in [4.69, 9.17) is 21.1 Å². The van der Waals surface area contributed by atoms with Gasteiger partial charge in [0.25, 0.3) is 6.43 Å². The maximum atomic E-state index is 14.3. The second kappa shape index (κ2) is 14.2. The molecule has 10 heteroatoms. The van der Waals surface area contributed by atoms with Crippen LogP contribution in [0.3, 0.4) is 0 Å². The Hall–Kier alpha value is -2.78. The van der Waals surface area contributed by atoms with Crippen molar-refractivity contribution in [1.82, 2.24) is 10.6 Å². The summed E-state index contributed by atoms with van der Waals surface area (Å²) >= 11 is 6.01. The Morgan fingerprint density at radius 2 is 1.73 bits per heavy atom. The second-order valence-electron chi connectivity index (χ2n) is 9.60. The predicted octanol–water partition coefficient (Wildman–Crippen LogP) is 6.01. The number of rotatable bonds is 12. The van der Waals surface area contributed by atoms with Crippen LogP contribution in [0.1, 0.15) is 39.7 Å². The zero-order valence-electron chi connectivity index (χ0n) is 21.5. The fraction of sp³-hybridized carbons (Fsp3) is 0.481. The summed E-state index contributed by atoms with van der Waals surface area (Å²) in [4.78, 5) is 25.1. The van der Waals surface area contributed by atoms with Gasteiger partial charge in [0.05, 0.1) is 19.1 Å². The third-order valence-corrected chi connectivity index (χ3v) is 5.51. The highest BCUT2D eigenvalue weighted by molar-refractivity contribution is 6.30. The Morgan fingerprint density at radius 1 is 1.05 bits per heavy atom. The lowest BCUT2D eigenvalue weighted by atomic mass is 9.93. The average molecular weight is 543 g/mol. The van der Waals surface area contributed by atoms with Crippen LogP contribution in [0.25, 0.3) is 11.1 Å². The lowest BCUT2D eigenvalue weighted by molar-refractivity contribution is -0.148. The first-order chi connectivity index (χ1) is 17.4. The largest absolute Gasteiger partial charge is 0.466 e. The van der Waals surface area contributed by atoms with Crippen molar-refractivity contribution >= 4 is 23.7 Å². The van der Waals surface area contributed by atoms with E-state index in [1.54, 1.807) is 52.0 Å². The quantitative estimate of drug-likeness (QED) is 0.321. The first-order valence-corrected chi connectivity index (χ1v) is 12.4. The first-order valence-electron chi connectivity index (χ1n) is 12.1. The Balaban J connectivity index is 2.24. The molecule has 2 aromatic carbocycles. The number of carbonyl (C=O) groups is 2. The molecule has 0 saturated heterocycles. The van der Waals surface area contributed by atoms with Gasteiger partial charge in [-0.2, -0.15) is 0 Å². The van der Waals surface area contributed by atoms with E-state index in [1.165, 1.54) is 18.2 Å². The second-order valence-corrected chi connectivity index (χ2v) is 10.0. The van der Waals surface area contributed by atoms with Crippen LogP contribution in [0.4, 0.5) is 18.0 Å². The van der Waals surface area contributed by atoms with Crippen molar-refractivity contribution in [2.45, 2.75) is 58.6 Å². The number of halogens is 4. The predicted molar refractivity (Wildman–Crippen MR) is 137 cm³/mol. The van der Waals surface area contributed by atoms with Crippen LogP contribution in [-0.4, -0.2) is 49.8 Å². The van der Waals surface area contributed by atoms with Crippen LogP contribution < -0.4 is 10.6 Å². The summed E-state index contributed by atoms with van der Waals surface area (Å²) < 4.78 is 50.0. The average Bonchev–Trinajstić information content (AvgIpc) is 2.79. The standard InChI is InChI=1S/C27H34ClF3N2O4/c1-5-36-25(34)19(15-32-16-24(30)31)13-21(33-26(35)37-27(2,3)4)12-17-6-8-18(9-7-17)22-14-20(28)10-11-23(22)29/h6-11,14,19,21,24,32H,5,12-13,15-16H2,1-4H3,(H,33,35)/t19-,21+/m0/s1. The van der Waals surface area contributed by atoms with Crippen molar-refractivity contribution in [3.63, 3.8) is 0 Å². The summed E-state index contributed by atoms with van der Waals surface area (Å²) in [6.45, 7) is 6.36. The number of ether oxygens (including phenoxy) is 2. The molecule has 0 aliphatic heterocycles. The fourth-order valence-electron chi connectivity index (χ4n) is 3.72. The third-order valence-electron chi connectivity index (χ3n) is 5.27. The van der Waals surface area contributed by atoms with Gasteiger partial charge in [-0.15, -0.1) is 0 Å². The van der Waals surface area contributed by atoms with Crippen molar-refractivity contribution < 1.29 is 32.2 Å². The van der Waals surface area contributed by atoms with Gasteiger partial charge in [0.15, 0.2) is 0 Å². The summed E-state index contributed by atoms with van der Waals surface area (Å²) in [5.74, 6) is -1.74. The van der Waals surface area contributed by atoms with Crippen molar-refractivity contribution in [1.29, 1.82) is 0 Å². The Kier molecular flexibility index (Phi) is 11.7. The minimum absolute atomic E-state index is 0.0390. The van der Waals surface area contributed by atoms with Crippen LogP contribution in [0, 0.1) is 11.7 Å². The normalized spacial score (nSPS) is 13.2. The number of alkyl carbamates (subject to hydrolysis) is 1. The lowest BCUT2D eigenvalue weighted by Gasteiger charge is -2.26. The van der Waals surface area contributed by atoms with E-state index in [1.807, 2.05) is 0 Å². The molecule has 0 spiro atoms. The van der Waals surface area contributed by atoms with Crippen molar-refractivity contribution in [3.8, 4) is 11.1 Å². The molecule has 0 aliphatic carbocycles. The Morgan fingerprint density at radius 3 is 2.32 bits per heavy atom.